The van der Waals surface area contributed by atoms with E-state index in [9.17, 15) is 0 Å². The Morgan fingerprint density at radius 2 is 2.00 bits per heavy atom. The minimum Gasteiger partial charge on any atom is -0.379 e. The Hall–Kier alpha value is -2.00. The van der Waals surface area contributed by atoms with Crippen LogP contribution in [0.4, 0.5) is 5.82 Å². The predicted octanol–water partition coefficient (Wildman–Crippen LogP) is -0.466. The number of hydrogen-bond acceptors (Lipinski definition) is 9. The molecule has 0 radical (unpaired) electrons. The van der Waals surface area contributed by atoms with Crippen molar-refractivity contribution in [3.05, 3.63) is 5.89 Å². The quantitative estimate of drug-likeness (QED) is 0.773. The summed E-state index contributed by atoms with van der Waals surface area (Å²) in [5.41, 5.74) is 5.85. The van der Waals surface area contributed by atoms with Crippen LogP contribution < -0.4 is 5.73 Å². The van der Waals surface area contributed by atoms with Crippen LogP contribution in [0.2, 0.25) is 0 Å². The van der Waals surface area contributed by atoms with E-state index in [1.165, 1.54) is 0 Å². The minimum atomic E-state index is 0.147. The van der Waals surface area contributed by atoms with Gasteiger partial charge in [-0.3, -0.25) is 4.90 Å². The van der Waals surface area contributed by atoms with Crippen molar-refractivity contribution >= 4 is 5.82 Å². The standard InChI is InChI=1S/C9H12N6O3/c10-8-7(12-18-13-8)9-11-6(17-14-9)5-15-1-3-16-4-2-15/h1-5H2,(H2,10,13). The number of aromatic nitrogens is 4. The summed E-state index contributed by atoms with van der Waals surface area (Å²) in [6.07, 6.45) is 0. The zero-order valence-corrected chi connectivity index (χ0v) is 9.57. The maximum atomic E-state index is 5.55. The zero-order chi connectivity index (χ0) is 12.4. The summed E-state index contributed by atoms with van der Waals surface area (Å²) in [6.45, 7) is 3.74. The van der Waals surface area contributed by atoms with Crippen LogP contribution in [0.25, 0.3) is 11.5 Å². The lowest BCUT2D eigenvalue weighted by molar-refractivity contribution is 0.0297. The first kappa shape index (κ1) is 11.1. The number of rotatable bonds is 3. The fourth-order valence-corrected chi connectivity index (χ4v) is 1.72. The van der Waals surface area contributed by atoms with Gasteiger partial charge in [0.05, 0.1) is 19.8 Å². The first-order chi connectivity index (χ1) is 8.83. The van der Waals surface area contributed by atoms with E-state index in [1.807, 2.05) is 0 Å². The Balaban J connectivity index is 1.71. The molecule has 1 saturated heterocycles. The van der Waals surface area contributed by atoms with E-state index in [0.717, 1.165) is 26.3 Å². The number of morpholine rings is 1. The molecular formula is C9H12N6O3. The van der Waals surface area contributed by atoms with E-state index in [2.05, 4.69) is 30.0 Å². The molecule has 1 fully saturated rings. The summed E-state index contributed by atoms with van der Waals surface area (Å²) in [5, 5.41) is 10.9. The van der Waals surface area contributed by atoms with Gasteiger partial charge in [0.2, 0.25) is 11.7 Å². The Morgan fingerprint density at radius 3 is 2.72 bits per heavy atom. The van der Waals surface area contributed by atoms with Crippen molar-refractivity contribution in [3.63, 3.8) is 0 Å². The van der Waals surface area contributed by atoms with Crippen molar-refractivity contribution in [1.29, 1.82) is 0 Å². The Bertz CT molecular complexity index is 518. The molecule has 9 nitrogen and oxygen atoms in total. The van der Waals surface area contributed by atoms with Crippen LogP contribution in [0.1, 0.15) is 5.89 Å². The maximum absolute atomic E-state index is 5.55. The topological polar surface area (TPSA) is 116 Å². The first-order valence-corrected chi connectivity index (χ1v) is 5.54. The smallest absolute Gasteiger partial charge is 0.241 e. The third kappa shape index (κ3) is 2.17. The Kier molecular flexibility index (Phi) is 2.90. The highest BCUT2D eigenvalue weighted by molar-refractivity contribution is 5.61. The van der Waals surface area contributed by atoms with E-state index in [-0.39, 0.29) is 11.6 Å². The molecule has 2 aromatic rings. The summed E-state index contributed by atoms with van der Waals surface area (Å²) < 4.78 is 14.9. The van der Waals surface area contributed by atoms with Crippen LogP contribution in [-0.2, 0) is 11.3 Å². The molecule has 3 rings (SSSR count). The number of nitrogen functional groups attached to an aromatic ring is 1. The van der Waals surface area contributed by atoms with Crippen molar-refractivity contribution in [1.82, 2.24) is 25.4 Å². The second-order valence-electron chi connectivity index (χ2n) is 3.90. The Labute approximate surface area is 102 Å². The lowest BCUT2D eigenvalue weighted by Gasteiger charge is -2.24. The largest absolute Gasteiger partial charge is 0.379 e. The molecule has 0 amide bonds. The molecule has 2 aromatic heterocycles. The van der Waals surface area contributed by atoms with Crippen LogP contribution >= 0.6 is 0 Å². The van der Waals surface area contributed by atoms with Gasteiger partial charge in [-0.15, -0.1) is 0 Å². The SMILES string of the molecule is Nc1nonc1-c1noc(CN2CCOCC2)n1. The van der Waals surface area contributed by atoms with Gasteiger partial charge >= 0.3 is 0 Å². The summed E-state index contributed by atoms with van der Waals surface area (Å²) in [7, 11) is 0. The molecule has 0 atom stereocenters. The summed E-state index contributed by atoms with van der Waals surface area (Å²) in [5.74, 6) is 0.944. The lowest BCUT2D eigenvalue weighted by Crippen LogP contribution is -2.35. The van der Waals surface area contributed by atoms with E-state index < -0.39 is 0 Å². The van der Waals surface area contributed by atoms with Gasteiger partial charge in [0, 0.05) is 13.1 Å². The van der Waals surface area contributed by atoms with Crippen LogP contribution in [0.15, 0.2) is 9.15 Å². The Morgan fingerprint density at radius 1 is 1.17 bits per heavy atom. The van der Waals surface area contributed by atoms with Gasteiger partial charge in [-0.1, -0.05) is 5.16 Å². The first-order valence-electron chi connectivity index (χ1n) is 5.54. The highest BCUT2D eigenvalue weighted by Gasteiger charge is 2.19. The van der Waals surface area contributed by atoms with Crippen LogP contribution in [-0.4, -0.2) is 51.7 Å². The highest BCUT2D eigenvalue weighted by atomic mass is 16.6. The minimum absolute atomic E-state index is 0.147. The normalized spacial score (nSPS) is 17.1. The number of hydrogen-bond donors (Lipinski definition) is 1. The molecular weight excluding hydrogens is 240 g/mol. The second kappa shape index (κ2) is 4.70. The molecule has 0 bridgehead atoms. The van der Waals surface area contributed by atoms with Crippen molar-refractivity contribution in [2.24, 2.45) is 0 Å². The molecule has 3 heterocycles. The van der Waals surface area contributed by atoms with Crippen LogP contribution in [0.3, 0.4) is 0 Å². The average Bonchev–Trinajstić information content (AvgIpc) is 2.99. The summed E-state index contributed by atoms with van der Waals surface area (Å²) in [4.78, 5) is 6.38. The summed E-state index contributed by atoms with van der Waals surface area (Å²) >= 11 is 0. The van der Waals surface area contributed by atoms with Gasteiger partial charge in [0.15, 0.2) is 11.5 Å². The molecule has 1 aliphatic heterocycles. The van der Waals surface area contributed by atoms with Gasteiger partial charge < -0.3 is 15.0 Å². The van der Waals surface area contributed by atoms with Gasteiger partial charge in [0.1, 0.15) is 0 Å². The number of ether oxygens (including phenoxy) is 1. The van der Waals surface area contributed by atoms with Gasteiger partial charge in [-0.25, -0.2) is 4.63 Å². The van der Waals surface area contributed by atoms with E-state index in [1.54, 1.807) is 0 Å². The van der Waals surface area contributed by atoms with Gasteiger partial charge in [0.25, 0.3) is 0 Å². The fraction of sp³-hybridized carbons (Fsp3) is 0.556. The molecule has 0 aromatic carbocycles. The third-order valence-corrected chi connectivity index (χ3v) is 2.66. The number of nitrogens with zero attached hydrogens (tertiary/aromatic N) is 5. The highest BCUT2D eigenvalue weighted by Crippen LogP contribution is 2.18. The van der Waals surface area contributed by atoms with Crippen LogP contribution in [0.5, 0.6) is 0 Å². The molecule has 18 heavy (non-hydrogen) atoms. The number of nitrogens with two attached hydrogens (primary N) is 1. The predicted molar refractivity (Wildman–Crippen MR) is 58.1 cm³/mol. The van der Waals surface area contributed by atoms with E-state index in [4.69, 9.17) is 15.0 Å². The van der Waals surface area contributed by atoms with Gasteiger partial charge in [-0.05, 0) is 10.3 Å². The maximum Gasteiger partial charge on any atom is 0.241 e. The van der Waals surface area contributed by atoms with Crippen LogP contribution in [0, 0.1) is 0 Å². The lowest BCUT2D eigenvalue weighted by atomic mass is 10.4. The second-order valence-corrected chi connectivity index (χ2v) is 3.90. The van der Waals surface area contributed by atoms with Crippen molar-refractivity contribution < 1.29 is 13.9 Å². The molecule has 1 aliphatic rings. The molecule has 96 valence electrons. The zero-order valence-electron chi connectivity index (χ0n) is 9.57. The molecule has 0 unspecified atom stereocenters. The van der Waals surface area contributed by atoms with E-state index >= 15 is 0 Å². The monoisotopic (exact) mass is 252 g/mol. The molecule has 0 aliphatic carbocycles. The number of anilines is 1. The van der Waals surface area contributed by atoms with E-state index in [0.29, 0.717) is 18.1 Å². The average molecular weight is 252 g/mol. The molecule has 0 spiro atoms. The third-order valence-electron chi connectivity index (χ3n) is 2.66. The molecule has 2 N–H and O–H groups in total. The van der Waals surface area contributed by atoms with Crippen molar-refractivity contribution in [2.45, 2.75) is 6.54 Å². The molecule has 0 saturated carbocycles. The van der Waals surface area contributed by atoms with Crippen molar-refractivity contribution in [2.75, 3.05) is 32.0 Å². The molecule has 9 heteroatoms. The van der Waals surface area contributed by atoms with Gasteiger partial charge in [-0.2, -0.15) is 4.98 Å². The summed E-state index contributed by atoms with van der Waals surface area (Å²) in [6, 6.07) is 0. The fourth-order valence-electron chi connectivity index (χ4n) is 1.72. The van der Waals surface area contributed by atoms with Crippen molar-refractivity contribution in [3.8, 4) is 11.5 Å².